The van der Waals surface area contributed by atoms with Crippen LogP contribution in [0.3, 0.4) is 0 Å². The van der Waals surface area contributed by atoms with E-state index in [4.69, 9.17) is 0 Å². The summed E-state index contributed by atoms with van der Waals surface area (Å²) in [6.07, 6.45) is 0.701. The second-order valence-corrected chi connectivity index (χ2v) is 8.44. The summed E-state index contributed by atoms with van der Waals surface area (Å²) in [5.74, 6) is 4.73. The zero-order valence-corrected chi connectivity index (χ0v) is 16.8. The third-order valence-electron chi connectivity index (χ3n) is 5.25. The molecule has 0 aliphatic heterocycles. The first-order valence-electron chi connectivity index (χ1n) is 9.38. The Labute approximate surface area is 172 Å². The van der Waals surface area contributed by atoms with E-state index >= 15 is 0 Å². The maximum Gasteiger partial charge on any atom is 0.304 e. The maximum atomic E-state index is 13.1. The van der Waals surface area contributed by atoms with E-state index in [1.54, 1.807) is 6.92 Å². The van der Waals surface area contributed by atoms with E-state index < -0.39 is 11.4 Å². The number of rotatable bonds is 5. The number of carbonyl (C=O) groups excluding carboxylic acids is 1. The fraction of sp³-hybridized carbons (Fsp3) is 0.261. The molecule has 146 valence electrons. The van der Waals surface area contributed by atoms with Crippen LogP contribution in [0.25, 0.3) is 10.2 Å². The normalized spacial score (nSPS) is 14.1. The number of fused-ring (bicyclic) bond motifs is 2. The number of aromatic nitrogens is 1. The van der Waals surface area contributed by atoms with Crippen LogP contribution in [0.4, 0.5) is 0 Å². The fourth-order valence-electron chi connectivity index (χ4n) is 3.96. The molecule has 0 unspecified atom stereocenters. The van der Waals surface area contributed by atoms with E-state index in [-0.39, 0.29) is 18.9 Å². The van der Waals surface area contributed by atoms with Gasteiger partial charge in [0.15, 0.2) is 0 Å². The second kappa shape index (κ2) is 7.69. The van der Waals surface area contributed by atoms with Crippen molar-refractivity contribution in [2.24, 2.45) is 5.41 Å². The molecule has 1 aliphatic rings. The summed E-state index contributed by atoms with van der Waals surface area (Å²) in [6.45, 7) is 2.08. The molecule has 1 aliphatic carbocycles. The Kier molecular flexibility index (Phi) is 5.08. The highest BCUT2D eigenvalue weighted by molar-refractivity contribution is 7.18. The Morgan fingerprint density at radius 2 is 1.93 bits per heavy atom. The SMILES string of the molecule is CC#Cc1ccc2nc(CNC(=O)C3(CC(=O)O)Cc4ccccc4C3)sc2c1. The molecule has 0 atom stereocenters. The summed E-state index contributed by atoms with van der Waals surface area (Å²) in [4.78, 5) is 29.1. The minimum absolute atomic E-state index is 0.188. The fourth-order valence-corrected chi connectivity index (χ4v) is 4.91. The lowest BCUT2D eigenvalue weighted by atomic mass is 9.80. The van der Waals surface area contributed by atoms with Crippen molar-refractivity contribution in [3.05, 3.63) is 64.2 Å². The van der Waals surface area contributed by atoms with Gasteiger partial charge in [-0.05, 0) is 49.1 Å². The molecule has 0 saturated carbocycles. The monoisotopic (exact) mass is 404 g/mol. The number of nitrogens with one attached hydrogen (secondary N) is 1. The average molecular weight is 404 g/mol. The van der Waals surface area contributed by atoms with Crippen molar-refractivity contribution in [3.8, 4) is 11.8 Å². The van der Waals surface area contributed by atoms with E-state index in [0.717, 1.165) is 31.9 Å². The van der Waals surface area contributed by atoms with Gasteiger partial charge in [0.25, 0.3) is 0 Å². The molecule has 2 aromatic carbocycles. The highest BCUT2D eigenvalue weighted by Gasteiger charge is 2.45. The van der Waals surface area contributed by atoms with Crippen LogP contribution >= 0.6 is 11.3 Å². The van der Waals surface area contributed by atoms with Gasteiger partial charge in [-0.15, -0.1) is 17.3 Å². The summed E-state index contributed by atoms with van der Waals surface area (Å²) < 4.78 is 1.02. The summed E-state index contributed by atoms with van der Waals surface area (Å²) in [5.41, 5.74) is 2.95. The van der Waals surface area contributed by atoms with Crippen LogP contribution in [0.1, 0.15) is 35.0 Å². The molecule has 0 saturated heterocycles. The molecule has 6 heteroatoms. The van der Waals surface area contributed by atoms with Crippen molar-refractivity contribution in [2.45, 2.75) is 32.7 Å². The van der Waals surface area contributed by atoms with Crippen molar-refractivity contribution in [3.63, 3.8) is 0 Å². The van der Waals surface area contributed by atoms with Crippen LogP contribution in [0, 0.1) is 17.3 Å². The van der Waals surface area contributed by atoms with Crippen molar-refractivity contribution in [1.29, 1.82) is 0 Å². The first kappa shape index (κ1) is 19.2. The first-order chi connectivity index (χ1) is 14.0. The topological polar surface area (TPSA) is 79.3 Å². The lowest BCUT2D eigenvalue weighted by Crippen LogP contribution is -2.43. The van der Waals surface area contributed by atoms with Gasteiger partial charge in [0.05, 0.1) is 28.6 Å². The number of thiazole rings is 1. The molecule has 2 N–H and O–H groups in total. The lowest BCUT2D eigenvalue weighted by molar-refractivity contribution is -0.145. The average Bonchev–Trinajstić information content (AvgIpc) is 3.26. The van der Waals surface area contributed by atoms with Crippen LogP contribution in [-0.4, -0.2) is 22.0 Å². The molecule has 0 fully saturated rings. The number of amides is 1. The van der Waals surface area contributed by atoms with Crippen molar-refractivity contribution in [1.82, 2.24) is 10.3 Å². The van der Waals surface area contributed by atoms with Crippen LogP contribution < -0.4 is 5.32 Å². The van der Waals surface area contributed by atoms with Gasteiger partial charge in [-0.25, -0.2) is 4.98 Å². The van der Waals surface area contributed by atoms with Gasteiger partial charge in [-0.2, -0.15) is 0 Å². The predicted molar refractivity (Wildman–Crippen MR) is 113 cm³/mol. The van der Waals surface area contributed by atoms with E-state index in [9.17, 15) is 14.7 Å². The first-order valence-corrected chi connectivity index (χ1v) is 10.2. The molecule has 0 spiro atoms. The molecule has 1 heterocycles. The van der Waals surface area contributed by atoms with Gasteiger partial charge < -0.3 is 10.4 Å². The highest BCUT2D eigenvalue weighted by Crippen LogP contribution is 2.40. The second-order valence-electron chi connectivity index (χ2n) is 7.32. The number of aliphatic carboxylic acids is 1. The Morgan fingerprint density at radius 3 is 2.59 bits per heavy atom. The van der Waals surface area contributed by atoms with Gasteiger partial charge >= 0.3 is 5.97 Å². The molecular formula is C23H20N2O3S. The summed E-state index contributed by atoms with van der Waals surface area (Å²) in [6, 6.07) is 13.6. The highest BCUT2D eigenvalue weighted by atomic mass is 32.1. The van der Waals surface area contributed by atoms with Gasteiger partial charge in [-0.1, -0.05) is 30.2 Å². The third kappa shape index (κ3) is 3.87. The number of hydrogen-bond acceptors (Lipinski definition) is 4. The molecule has 4 rings (SSSR count). The van der Waals surface area contributed by atoms with Gasteiger partial charge in [-0.3, -0.25) is 9.59 Å². The van der Waals surface area contributed by atoms with Crippen LogP contribution in [-0.2, 0) is 29.0 Å². The van der Waals surface area contributed by atoms with E-state index in [2.05, 4.69) is 22.1 Å². The van der Waals surface area contributed by atoms with Gasteiger partial charge in [0, 0.05) is 5.56 Å². The molecule has 1 amide bonds. The zero-order chi connectivity index (χ0) is 20.4. The van der Waals surface area contributed by atoms with Crippen LogP contribution in [0.2, 0.25) is 0 Å². The molecule has 0 radical (unpaired) electrons. The molecule has 1 aromatic heterocycles. The lowest BCUT2D eigenvalue weighted by Gasteiger charge is -2.25. The zero-order valence-electron chi connectivity index (χ0n) is 16.0. The molecule has 0 bridgehead atoms. The van der Waals surface area contributed by atoms with Crippen molar-refractivity contribution < 1.29 is 14.7 Å². The number of carboxylic acid groups (broad SMARTS) is 1. The van der Waals surface area contributed by atoms with E-state index in [1.807, 2.05) is 42.5 Å². The van der Waals surface area contributed by atoms with E-state index in [0.29, 0.717) is 12.8 Å². The predicted octanol–water partition coefficient (Wildman–Crippen LogP) is 3.54. The summed E-state index contributed by atoms with van der Waals surface area (Å²) >= 11 is 1.51. The minimum atomic E-state index is -0.961. The smallest absolute Gasteiger partial charge is 0.304 e. The van der Waals surface area contributed by atoms with Gasteiger partial charge in [0.1, 0.15) is 5.01 Å². The summed E-state index contributed by atoms with van der Waals surface area (Å²) in [5, 5.41) is 13.1. The van der Waals surface area contributed by atoms with Crippen molar-refractivity contribution in [2.75, 3.05) is 0 Å². The van der Waals surface area contributed by atoms with E-state index in [1.165, 1.54) is 11.3 Å². The largest absolute Gasteiger partial charge is 0.481 e. The molecule has 5 nitrogen and oxygen atoms in total. The standard InChI is InChI=1S/C23H20N2O3S/c1-2-5-15-8-9-18-19(10-15)29-20(25-18)14-24-22(28)23(13-21(26)27)11-16-6-3-4-7-17(16)12-23/h3-4,6-10H,11-14H2,1H3,(H,24,28)(H,26,27). The Morgan fingerprint density at radius 1 is 1.21 bits per heavy atom. The Hall–Kier alpha value is -3.17. The van der Waals surface area contributed by atoms with Crippen LogP contribution in [0.5, 0.6) is 0 Å². The molecule has 29 heavy (non-hydrogen) atoms. The minimum Gasteiger partial charge on any atom is -0.481 e. The number of carbonyl (C=O) groups is 2. The molecule has 3 aromatic rings. The Balaban J connectivity index is 1.52. The number of hydrogen-bond donors (Lipinski definition) is 2. The maximum absolute atomic E-state index is 13.1. The molecular weight excluding hydrogens is 384 g/mol. The number of carboxylic acids is 1. The summed E-state index contributed by atoms with van der Waals surface area (Å²) in [7, 11) is 0. The van der Waals surface area contributed by atoms with Gasteiger partial charge in [0.2, 0.25) is 5.91 Å². The number of benzene rings is 2. The Bertz CT molecular complexity index is 1140. The quantitative estimate of drug-likeness (QED) is 0.638. The third-order valence-corrected chi connectivity index (χ3v) is 6.27. The van der Waals surface area contributed by atoms with Crippen molar-refractivity contribution >= 4 is 33.4 Å². The van der Waals surface area contributed by atoms with Crippen LogP contribution in [0.15, 0.2) is 42.5 Å². The number of nitrogens with zero attached hydrogens (tertiary/aromatic N) is 1.